The van der Waals surface area contributed by atoms with E-state index in [1.807, 2.05) is 0 Å². The highest BCUT2D eigenvalue weighted by Crippen LogP contribution is 2.40. The summed E-state index contributed by atoms with van der Waals surface area (Å²) in [6.45, 7) is 3.76. The van der Waals surface area contributed by atoms with Crippen LogP contribution in [0.15, 0.2) is 18.2 Å². The minimum absolute atomic E-state index is 0.135. The van der Waals surface area contributed by atoms with Crippen LogP contribution in [-0.2, 0) is 0 Å². The van der Waals surface area contributed by atoms with Crippen LogP contribution in [0.1, 0.15) is 54.4 Å². The van der Waals surface area contributed by atoms with Crippen molar-refractivity contribution in [3.05, 3.63) is 35.1 Å². The molecule has 3 heteroatoms. The predicted octanol–water partition coefficient (Wildman–Crippen LogP) is 3.73. The second-order valence-electron chi connectivity index (χ2n) is 6.23. The number of hydrogen-bond donors (Lipinski definition) is 0. The normalized spacial score (nSPS) is 22.3. The number of hydrogen-bond acceptors (Lipinski definition) is 2. The highest BCUT2D eigenvalue weighted by Gasteiger charge is 2.46. The summed E-state index contributed by atoms with van der Waals surface area (Å²) in [5.41, 5.74) is 0.795. The van der Waals surface area contributed by atoms with Gasteiger partial charge in [0, 0.05) is 5.56 Å². The van der Waals surface area contributed by atoms with Crippen LogP contribution in [0.2, 0.25) is 0 Å². The maximum absolute atomic E-state index is 13.8. The molecule has 108 valence electrons. The van der Waals surface area contributed by atoms with Gasteiger partial charge >= 0.3 is 0 Å². The molecule has 0 aromatic heterocycles. The number of halogens is 1. The van der Waals surface area contributed by atoms with Crippen molar-refractivity contribution in [3.63, 3.8) is 0 Å². The summed E-state index contributed by atoms with van der Waals surface area (Å²) in [6.07, 6.45) is 6.43. The van der Waals surface area contributed by atoms with Crippen LogP contribution >= 0.6 is 0 Å². The largest absolute Gasteiger partial charge is 0.292 e. The van der Waals surface area contributed by atoms with Crippen molar-refractivity contribution in [3.8, 4) is 0 Å². The molecule has 1 aromatic carbocycles. The van der Waals surface area contributed by atoms with Crippen LogP contribution in [0.3, 0.4) is 0 Å². The number of Topliss-reactive ketones (excluding diaryl/α,β-unsaturated/α-hetero) is 1. The van der Waals surface area contributed by atoms with E-state index in [-0.39, 0.29) is 17.1 Å². The van der Waals surface area contributed by atoms with E-state index < -0.39 is 0 Å². The SMILES string of the molecule is Cc1ccc(C(=O)C2(N3CCCC3)CCCC2)cc1F. The van der Waals surface area contributed by atoms with E-state index in [4.69, 9.17) is 0 Å². The van der Waals surface area contributed by atoms with Gasteiger partial charge in [0.1, 0.15) is 5.82 Å². The maximum Gasteiger partial charge on any atom is 0.183 e. The van der Waals surface area contributed by atoms with Crippen LogP contribution < -0.4 is 0 Å². The molecule has 0 N–H and O–H groups in total. The zero-order valence-corrected chi connectivity index (χ0v) is 12.1. The molecule has 0 unspecified atom stereocenters. The lowest BCUT2D eigenvalue weighted by Gasteiger charge is -2.37. The molecule has 2 fully saturated rings. The highest BCUT2D eigenvalue weighted by atomic mass is 19.1. The summed E-state index contributed by atoms with van der Waals surface area (Å²) in [7, 11) is 0. The minimum atomic E-state index is -0.349. The number of carbonyl (C=O) groups is 1. The van der Waals surface area contributed by atoms with Crippen molar-refractivity contribution < 1.29 is 9.18 Å². The van der Waals surface area contributed by atoms with Gasteiger partial charge in [-0.1, -0.05) is 25.0 Å². The Bertz CT molecular complexity index is 514. The molecule has 2 nitrogen and oxygen atoms in total. The first-order valence-corrected chi connectivity index (χ1v) is 7.69. The molecule has 1 saturated carbocycles. The van der Waals surface area contributed by atoms with Gasteiger partial charge in [0.15, 0.2) is 5.78 Å². The van der Waals surface area contributed by atoms with Gasteiger partial charge in [-0.25, -0.2) is 4.39 Å². The van der Waals surface area contributed by atoms with Crippen molar-refractivity contribution in [1.82, 2.24) is 4.90 Å². The number of nitrogens with zero attached hydrogens (tertiary/aromatic N) is 1. The summed E-state index contributed by atoms with van der Waals surface area (Å²) in [6, 6.07) is 4.93. The lowest BCUT2D eigenvalue weighted by molar-refractivity contribution is 0.0626. The fraction of sp³-hybridized carbons (Fsp3) is 0.588. The lowest BCUT2D eigenvalue weighted by Crippen LogP contribution is -2.51. The topological polar surface area (TPSA) is 20.3 Å². The third kappa shape index (κ3) is 2.18. The summed E-state index contributed by atoms with van der Waals surface area (Å²) in [4.78, 5) is 15.4. The van der Waals surface area contributed by atoms with E-state index >= 15 is 0 Å². The van der Waals surface area contributed by atoms with E-state index in [9.17, 15) is 9.18 Å². The van der Waals surface area contributed by atoms with Gasteiger partial charge in [0.05, 0.1) is 5.54 Å². The molecule has 0 radical (unpaired) electrons. The fourth-order valence-electron chi connectivity index (χ4n) is 3.79. The molecule has 1 aliphatic carbocycles. The molecule has 0 bridgehead atoms. The first-order chi connectivity index (χ1) is 9.63. The Hall–Kier alpha value is -1.22. The Morgan fingerprint density at radius 1 is 1.15 bits per heavy atom. The zero-order chi connectivity index (χ0) is 14.2. The zero-order valence-electron chi connectivity index (χ0n) is 12.1. The van der Waals surface area contributed by atoms with E-state index in [0.717, 1.165) is 38.8 Å². The molecule has 20 heavy (non-hydrogen) atoms. The third-order valence-electron chi connectivity index (χ3n) is 5.00. The molecule has 0 atom stereocenters. The number of rotatable bonds is 3. The number of aryl methyl sites for hydroxylation is 1. The van der Waals surface area contributed by atoms with Crippen molar-refractivity contribution in [1.29, 1.82) is 0 Å². The number of likely N-dealkylation sites (tertiary alicyclic amines) is 1. The maximum atomic E-state index is 13.8. The van der Waals surface area contributed by atoms with Crippen molar-refractivity contribution in [2.75, 3.05) is 13.1 Å². The number of carbonyl (C=O) groups excluding carboxylic acids is 1. The van der Waals surface area contributed by atoms with Crippen LogP contribution in [0.25, 0.3) is 0 Å². The molecule has 3 rings (SSSR count). The molecule has 0 amide bonds. The number of ketones is 1. The molecule has 0 spiro atoms. The van der Waals surface area contributed by atoms with Crippen molar-refractivity contribution in [2.24, 2.45) is 0 Å². The average molecular weight is 275 g/mol. The Balaban J connectivity index is 1.94. The van der Waals surface area contributed by atoms with Crippen LogP contribution in [0.5, 0.6) is 0 Å². The average Bonchev–Trinajstić information content (AvgIpc) is 3.12. The molecule has 1 aliphatic heterocycles. The van der Waals surface area contributed by atoms with Gasteiger partial charge in [0.25, 0.3) is 0 Å². The van der Waals surface area contributed by atoms with E-state index in [1.54, 1.807) is 19.1 Å². The Labute approximate surface area is 120 Å². The summed E-state index contributed by atoms with van der Waals surface area (Å²) in [5, 5.41) is 0. The summed E-state index contributed by atoms with van der Waals surface area (Å²) < 4.78 is 13.8. The second kappa shape index (κ2) is 5.28. The highest BCUT2D eigenvalue weighted by molar-refractivity contribution is 6.03. The molecule has 2 aliphatic rings. The van der Waals surface area contributed by atoms with Gasteiger partial charge in [0.2, 0.25) is 0 Å². The fourth-order valence-corrected chi connectivity index (χ4v) is 3.79. The first-order valence-electron chi connectivity index (χ1n) is 7.69. The molecular weight excluding hydrogens is 253 g/mol. The van der Waals surface area contributed by atoms with Crippen molar-refractivity contribution in [2.45, 2.75) is 51.0 Å². The third-order valence-corrected chi connectivity index (χ3v) is 5.00. The minimum Gasteiger partial charge on any atom is -0.292 e. The van der Waals surface area contributed by atoms with Gasteiger partial charge in [-0.2, -0.15) is 0 Å². The van der Waals surface area contributed by atoms with E-state index in [1.165, 1.54) is 18.9 Å². The summed E-state index contributed by atoms with van der Waals surface area (Å²) in [5.74, 6) is -0.138. The molecule has 1 heterocycles. The van der Waals surface area contributed by atoms with Gasteiger partial charge in [-0.3, -0.25) is 9.69 Å². The quantitative estimate of drug-likeness (QED) is 0.783. The molecule has 1 aromatic rings. The van der Waals surface area contributed by atoms with Crippen LogP contribution in [0.4, 0.5) is 4.39 Å². The molecular formula is C17H22FNO. The number of benzene rings is 1. The van der Waals surface area contributed by atoms with Gasteiger partial charge in [-0.05, 0) is 57.3 Å². The second-order valence-corrected chi connectivity index (χ2v) is 6.23. The van der Waals surface area contributed by atoms with Crippen molar-refractivity contribution >= 4 is 5.78 Å². The monoisotopic (exact) mass is 275 g/mol. The Morgan fingerprint density at radius 2 is 1.80 bits per heavy atom. The Morgan fingerprint density at radius 3 is 2.40 bits per heavy atom. The molecule has 1 saturated heterocycles. The van der Waals surface area contributed by atoms with Gasteiger partial charge in [-0.15, -0.1) is 0 Å². The van der Waals surface area contributed by atoms with Gasteiger partial charge < -0.3 is 0 Å². The standard InChI is InChI=1S/C17H22FNO/c1-13-6-7-14(12-15(13)18)16(20)17(8-2-3-9-17)19-10-4-5-11-19/h6-7,12H,2-5,8-11H2,1H3. The predicted molar refractivity (Wildman–Crippen MR) is 77.5 cm³/mol. The van der Waals surface area contributed by atoms with Crippen LogP contribution in [0, 0.1) is 12.7 Å². The summed E-state index contributed by atoms with van der Waals surface area (Å²) >= 11 is 0. The smallest absolute Gasteiger partial charge is 0.183 e. The lowest BCUT2D eigenvalue weighted by atomic mass is 9.85. The first kappa shape index (κ1) is 13.7. The van der Waals surface area contributed by atoms with E-state index in [0.29, 0.717) is 11.1 Å². The van der Waals surface area contributed by atoms with Crippen LogP contribution in [-0.4, -0.2) is 29.3 Å². The van der Waals surface area contributed by atoms with E-state index in [2.05, 4.69) is 4.90 Å². The Kier molecular flexibility index (Phi) is 3.63.